The van der Waals surface area contributed by atoms with Crippen molar-refractivity contribution in [2.24, 2.45) is 11.7 Å². The van der Waals surface area contributed by atoms with E-state index in [-0.39, 0.29) is 17.9 Å². The number of hydrogen-bond acceptors (Lipinski definition) is 5. The Labute approximate surface area is 120 Å². The van der Waals surface area contributed by atoms with Crippen molar-refractivity contribution in [3.05, 3.63) is 0 Å². The van der Waals surface area contributed by atoms with Crippen LogP contribution < -0.4 is 11.1 Å². The van der Waals surface area contributed by atoms with E-state index in [1.807, 2.05) is 20.8 Å². The van der Waals surface area contributed by atoms with Gasteiger partial charge in [0.25, 0.3) is 0 Å². The SMILES string of the molecule is COC(=O)C(CC(C)C)NC(=O)CSCCC(C)N. The molecule has 0 aromatic carbocycles. The van der Waals surface area contributed by atoms with Crippen LogP contribution >= 0.6 is 11.8 Å². The Morgan fingerprint density at radius 3 is 2.42 bits per heavy atom. The molecule has 2 unspecified atom stereocenters. The average Bonchev–Trinajstić information content (AvgIpc) is 2.32. The van der Waals surface area contributed by atoms with Crippen molar-refractivity contribution >= 4 is 23.6 Å². The molecule has 0 aromatic heterocycles. The molecule has 5 nitrogen and oxygen atoms in total. The molecule has 0 saturated carbocycles. The maximum Gasteiger partial charge on any atom is 0.328 e. The highest BCUT2D eigenvalue weighted by Gasteiger charge is 2.22. The van der Waals surface area contributed by atoms with Crippen LogP contribution in [0.4, 0.5) is 0 Å². The number of nitrogens with two attached hydrogens (primary N) is 1. The fourth-order valence-corrected chi connectivity index (χ4v) is 2.45. The lowest BCUT2D eigenvalue weighted by atomic mass is 10.0. The van der Waals surface area contributed by atoms with Gasteiger partial charge in [0.05, 0.1) is 12.9 Å². The summed E-state index contributed by atoms with van der Waals surface area (Å²) >= 11 is 1.53. The van der Waals surface area contributed by atoms with E-state index in [2.05, 4.69) is 5.32 Å². The van der Waals surface area contributed by atoms with E-state index in [9.17, 15) is 9.59 Å². The third-order valence-electron chi connectivity index (χ3n) is 2.48. The van der Waals surface area contributed by atoms with Gasteiger partial charge in [0.15, 0.2) is 0 Å². The van der Waals surface area contributed by atoms with Gasteiger partial charge in [-0.15, -0.1) is 0 Å². The highest BCUT2D eigenvalue weighted by atomic mass is 32.2. The number of methoxy groups -OCH3 is 1. The Hall–Kier alpha value is -0.750. The van der Waals surface area contributed by atoms with E-state index in [1.165, 1.54) is 18.9 Å². The van der Waals surface area contributed by atoms with E-state index in [0.29, 0.717) is 18.1 Å². The first-order valence-electron chi connectivity index (χ1n) is 6.57. The standard InChI is InChI=1S/C13H26N2O3S/c1-9(2)7-11(13(17)18-4)15-12(16)8-19-6-5-10(3)14/h9-11H,5-8,14H2,1-4H3,(H,15,16). The van der Waals surface area contributed by atoms with Gasteiger partial charge in [-0.1, -0.05) is 13.8 Å². The molecule has 0 spiro atoms. The zero-order valence-corrected chi connectivity index (χ0v) is 13.1. The molecule has 0 rings (SSSR count). The maximum absolute atomic E-state index is 11.7. The summed E-state index contributed by atoms with van der Waals surface area (Å²) in [6.07, 6.45) is 1.47. The van der Waals surface area contributed by atoms with Crippen molar-refractivity contribution in [2.75, 3.05) is 18.6 Å². The van der Waals surface area contributed by atoms with Crippen LogP contribution in [0.3, 0.4) is 0 Å². The zero-order chi connectivity index (χ0) is 14.8. The average molecular weight is 290 g/mol. The first kappa shape index (κ1) is 18.2. The van der Waals surface area contributed by atoms with E-state index in [4.69, 9.17) is 10.5 Å². The normalized spacial score (nSPS) is 14.0. The molecule has 0 bridgehead atoms. The van der Waals surface area contributed by atoms with E-state index in [0.717, 1.165) is 12.2 Å². The fourth-order valence-electron chi connectivity index (χ4n) is 1.50. The summed E-state index contributed by atoms with van der Waals surface area (Å²) in [4.78, 5) is 23.3. The van der Waals surface area contributed by atoms with E-state index < -0.39 is 6.04 Å². The molecule has 19 heavy (non-hydrogen) atoms. The Morgan fingerprint density at radius 2 is 1.95 bits per heavy atom. The van der Waals surface area contributed by atoms with Crippen LogP contribution in [0.2, 0.25) is 0 Å². The molecule has 0 heterocycles. The topological polar surface area (TPSA) is 81.4 Å². The number of rotatable bonds is 9. The third kappa shape index (κ3) is 9.78. The van der Waals surface area contributed by atoms with Crippen LogP contribution in [-0.4, -0.2) is 42.6 Å². The molecular formula is C13H26N2O3S. The van der Waals surface area contributed by atoms with Gasteiger partial charge in [0.1, 0.15) is 6.04 Å². The van der Waals surface area contributed by atoms with Gasteiger partial charge in [-0.05, 0) is 31.4 Å². The molecule has 0 radical (unpaired) electrons. The molecule has 0 aliphatic carbocycles. The van der Waals surface area contributed by atoms with Crippen molar-refractivity contribution in [3.8, 4) is 0 Å². The second-order valence-corrected chi connectivity index (χ2v) is 6.20. The molecule has 0 aliphatic heterocycles. The number of amides is 1. The van der Waals surface area contributed by atoms with Gasteiger partial charge < -0.3 is 15.8 Å². The molecular weight excluding hydrogens is 264 g/mol. The van der Waals surface area contributed by atoms with Crippen molar-refractivity contribution in [2.45, 2.75) is 45.7 Å². The molecule has 6 heteroatoms. The lowest BCUT2D eigenvalue weighted by Crippen LogP contribution is -2.43. The number of nitrogens with one attached hydrogen (secondary N) is 1. The van der Waals surface area contributed by atoms with Gasteiger partial charge in [-0.3, -0.25) is 4.79 Å². The summed E-state index contributed by atoms with van der Waals surface area (Å²) in [5.74, 6) is 0.986. The van der Waals surface area contributed by atoms with E-state index in [1.54, 1.807) is 0 Å². The Balaban J connectivity index is 4.05. The van der Waals surface area contributed by atoms with Crippen molar-refractivity contribution in [1.82, 2.24) is 5.32 Å². The molecule has 0 saturated heterocycles. The van der Waals surface area contributed by atoms with E-state index >= 15 is 0 Å². The van der Waals surface area contributed by atoms with Crippen LogP contribution in [0, 0.1) is 5.92 Å². The van der Waals surface area contributed by atoms with Gasteiger partial charge in [0.2, 0.25) is 5.91 Å². The van der Waals surface area contributed by atoms with Crippen LogP contribution in [0.1, 0.15) is 33.6 Å². The van der Waals surface area contributed by atoms with Crippen LogP contribution in [0.15, 0.2) is 0 Å². The Bertz CT molecular complexity index is 283. The first-order valence-corrected chi connectivity index (χ1v) is 7.72. The van der Waals surface area contributed by atoms with Gasteiger partial charge in [0, 0.05) is 6.04 Å². The predicted molar refractivity (Wildman–Crippen MR) is 79.0 cm³/mol. The summed E-state index contributed by atoms with van der Waals surface area (Å²) in [6.45, 7) is 5.94. The Kier molecular flexibility index (Phi) is 9.69. The molecule has 112 valence electrons. The smallest absolute Gasteiger partial charge is 0.328 e. The minimum absolute atomic E-state index is 0.134. The van der Waals surface area contributed by atoms with Crippen molar-refractivity contribution in [3.63, 3.8) is 0 Å². The number of carbonyl (C=O) groups excluding carboxylic acids is 2. The number of esters is 1. The summed E-state index contributed by atoms with van der Waals surface area (Å²) in [5.41, 5.74) is 5.63. The highest BCUT2D eigenvalue weighted by Crippen LogP contribution is 2.08. The molecule has 2 atom stereocenters. The van der Waals surface area contributed by atoms with Gasteiger partial charge >= 0.3 is 5.97 Å². The summed E-state index contributed by atoms with van der Waals surface area (Å²) in [5, 5.41) is 2.72. The summed E-state index contributed by atoms with van der Waals surface area (Å²) < 4.78 is 4.69. The predicted octanol–water partition coefficient (Wildman–Crippen LogP) is 1.16. The number of thioether (sulfide) groups is 1. The largest absolute Gasteiger partial charge is 0.467 e. The lowest BCUT2D eigenvalue weighted by Gasteiger charge is -2.18. The van der Waals surface area contributed by atoms with Crippen LogP contribution in [0.25, 0.3) is 0 Å². The zero-order valence-electron chi connectivity index (χ0n) is 12.3. The first-order chi connectivity index (χ1) is 8.86. The Morgan fingerprint density at radius 1 is 1.32 bits per heavy atom. The number of carbonyl (C=O) groups is 2. The molecule has 3 N–H and O–H groups in total. The highest BCUT2D eigenvalue weighted by molar-refractivity contribution is 7.99. The third-order valence-corrected chi connectivity index (χ3v) is 3.47. The molecule has 0 aliphatic rings. The fraction of sp³-hybridized carbons (Fsp3) is 0.846. The van der Waals surface area contributed by atoms with Crippen LogP contribution in [-0.2, 0) is 14.3 Å². The molecule has 0 fully saturated rings. The van der Waals surface area contributed by atoms with Crippen molar-refractivity contribution in [1.29, 1.82) is 0 Å². The van der Waals surface area contributed by atoms with Gasteiger partial charge in [-0.2, -0.15) is 11.8 Å². The monoisotopic (exact) mass is 290 g/mol. The number of hydrogen-bond donors (Lipinski definition) is 2. The van der Waals surface area contributed by atoms with Gasteiger partial charge in [-0.25, -0.2) is 4.79 Å². The summed E-state index contributed by atoms with van der Waals surface area (Å²) in [7, 11) is 1.33. The number of ether oxygens (including phenoxy) is 1. The molecule has 1 amide bonds. The molecule has 0 aromatic rings. The lowest BCUT2D eigenvalue weighted by molar-refractivity contribution is -0.145. The van der Waals surface area contributed by atoms with Crippen LogP contribution in [0.5, 0.6) is 0 Å². The summed E-state index contributed by atoms with van der Waals surface area (Å²) in [6, 6.07) is -0.397. The second kappa shape index (κ2) is 10.1. The van der Waals surface area contributed by atoms with Crippen molar-refractivity contribution < 1.29 is 14.3 Å². The second-order valence-electron chi connectivity index (χ2n) is 5.09. The quantitative estimate of drug-likeness (QED) is 0.492. The minimum Gasteiger partial charge on any atom is -0.467 e. The minimum atomic E-state index is -0.550. The maximum atomic E-state index is 11.7.